The second-order valence-corrected chi connectivity index (χ2v) is 5.70. The quantitative estimate of drug-likeness (QED) is 0.833. The van der Waals surface area contributed by atoms with Gasteiger partial charge in [0.25, 0.3) is 0 Å². The van der Waals surface area contributed by atoms with Crippen molar-refractivity contribution in [2.24, 2.45) is 11.7 Å². The Morgan fingerprint density at radius 1 is 1.25 bits per heavy atom. The van der Waals surface area contributed by atoms with Crippen LogP contribution in [-0.2, 0) is 6.42 Å². The molecule has 0 saturated carbocycles. The van der Waals surface area contributed by atoms with Crippen molar-refractivity contribution in [3.8, 4) is 17.2 Å². The summed E-state index contributed by atoms with van der Waals surface area (Å²) in [6.45, 7) is 7.40. The van der Waals surface area contributed by atoms with Crippen molar-refractivity contribution >= 4 is 0 Å². The smallest absolute Gasteiger partial charge is 0.231 e. The highest BCUT2D eigenvalue weighted by Crippen LogP contribution is 2.38. The summed E-state index contributed by atoms with van der Waals surface area (Å²) in [5.74, 6) is 2.97. The fourth-order valence-corrected chi connectivity index (χ4v) is 2.41. The summed E-state index contributed by atoms with van der Waals surface area (Å²) in [6.07, 6.45) is 3.12. The number of ether oxygens (including phenoxy) is 3. The van der Waals surface area contributed by atoms with Crippen molar-refractivity contribution < 1.29 is 14.2 Å². The van der Waals surface area contributed by atoms with Crippen LogP contribution in [0.2, 0.25) is 0 Å². The summed E-state index contributed by atoms with van der Waals surface area (Å²) in [4.78, 5) is 0. The van der Waals surface area contributed by atoms with Crippen LogP contribution in [-0.4, -0.2) is 19.4 Å². The van der Waals surface area contributed by atoms with E-state index in [0.29, 0.717) is 5.92 Å². The Morgan fingerprint density at radius 3 is 2.60 bits per heavy atom. The molecule has 112 valence electrons. The standard InChI is InChI=1S/C16H25NO3/c1-4-5-11(2)9-18-14-8-16-15(19-10-20-16)7-13(14)6-12(3)17/h7-8,11-12H,4-6,9-10,17H2,1-3H3. The van der Waals surface area contributed by atoms with Crippen molar-refractivity contribution in [3.05, 3.63) is 17.7 Å². The molecular formula is C16H25NO3. The molecule has 0 amide bonds. The van der Waals surface area contributed by atoms with E-state index in [9.17, 15) is 0 Å². The maximum Gasteiger partial charge on any atom is 0.231 e. The average molecular weight is 279 g/mol. The summed E-state index contributed by atoms with van der Waals surface area (Å²) < 4.78 is 16.8. The third kappa shape index (κ3) is 3.79. The minimum absolute atomic E-state index is 0.0887. The molecule has 2 rings (SSSR count). The largest absolute Gasteiger partial charge is 0.493 e. The second kappa shape index (κ2) is 6.84. The Hall–Kier alpha value is -1.42. The molecule has 1 heterocycles. The summed E-state index contributed by atoms with van der Waals surface area (Å²) >= 11 is 0. The van der Waals surface area contributed by atoms with Gasteiger partial charge in [0.15, 0.2) is 11.5 Å². The normalized spacial score (nSPS) is 16.0. The van der Waals surface area contributed by atoms with Crippen LogP contribution in [0.5, 0.6) is 17.2 Å². The van der Waals surface area contributed by atoms with Gasteiger partial charge in [0.2, 0.25) is 6.79 Å². The van der Waals surface area contributed by atoms with Gasteiger partial charge in [0.1, 0.15) is 5.75 Å². The topological polar surface area (TPSA) is 53.7 Å². The van der Waals surface area contributed by atoms with Gasteiger partial charge in [-0.25, -0.2) is 0 Å². The molecule has 1 aliphatic rings. The Balaban J connectivity index is 2.12. The van der Waals surface area contributed by atoms with E-state index in [1.54, 1.807) is 0 Å². The van der Waals surface area contributed by atoms with Gasteiger partial charge >= 0.3 is 0 Å². The number of benzene rings is 1. The lowest BCUT2D eigenvalue weighted by atomic mass is 10.0. The zero-order valence-electron chi connectivity index (χ0n) is 12.6. The summed E-state index contributed by atoms with van der Waals surface area (Å²) in [5.41, 5.74) is 7.01. The predicted octanol–water partition coefficient (Wildman–Crippen LogP) is 3.12. The molecule has 0 radical (unpaired) electrons. The van der Waals surface area contributed by atoms with Gasteiger partial charge < -0.3 is 19.9 Å². The molecule has 0 bridgehead atoms. The average Bonchev–Trinajstić information content (AvgIpc) is 2.82. The molecule has 0 aliphatic carbocycles. The van der Waals surface area contributed by atoms with Gasteiger partial charge in [-0.3, -0.25) is 0 Å². The third-order valence-corrected chi connectivity index (χ3v) is 3.40. The molecule has 2 unspecified atom stereocenters. The van der Waals surface area contributed by atoms with Crippen LogP contribution in [0, 0.1) is 5.92 Å². The van der Waals surface area contributed by atoms with E-state index in [-0.39, 0.29) is 12.8 Å². The van der Waals surface area contributed by atoms with Crippen molar-refractivity contribution in [2.45, 2.75) is 46.1 Å². The Bertz CT molecular complexity index is 446. The van der Waals surface area contributed by atoms with Crippen molar-refractivity contribution in [1.82, 2.24) is 0 Å². The fraction of sp³-hybridized carbons (Fsp3) is 0.625. The van der Waals surface area contributed by atoms with E-state index in [4.69, 9.17) is 19.9 Å². The van der Waals surface area contributed by atoms with E-state index in [1.165, 1.54) is 12.8 Å². The molecular weight excluding hydrogens is 254 g/mol. The fourth-order valence-electron chi connectivity index (χ4n) is 2.41. The molecule has 0 aromatic heterocycles. The highest BCUT2D eigenvalue weighted by Gasteiger charge is 2.19. The minimum Gasteiger partial charge on any atom is -0.493 e. The first kappa shape index (κ1) is 15.0. The first-order valence-corrected chi connectivity index (χ1v) is 7.41. The Labute approximate surface area is 121 Å². The number of rotatable bonds is 7. The van der Waals surface area contributed by atoms with Crippen LogP contribution in [0.1, 0.15) is 39.2 Å². The number of nitrogens with two attached hydrogens (primary N) is 1. The molecule has 20 heavy (non-hydrogen) atoms. The second-order valence-electron chi connectivity index (χ2n) is 5.70. The van der Waals surface area contributed by atoms with Crippen LogP contribution >= 0.6 is 0 Å². The van der Waals surface area contributed by atoms with Gasteiger partial charge in [-0.2, -0.15) is 0 Å². The van der Waals surface area contributed by atoms with Crippen molar-refractivity contribution in [2.75, 3.05) is 13.4 Å². The van der Waals surface area contributed by atoms with E-state index >= 15 is 0 Å². The van der Waals surface area contributed by atoms with Gasteiger partial charge in [0.05, 0.1) is 6.61 Å². The maximum absolute atomic E-state index is 5.99. The molecule has 1 aromatic carbocycles. The lowest BCUT2D eigenvalue weighted by Gasteiger charge is -2.17. The van der Waals surface area contributed by atoms with Crippen LogP contribution in [0.25, 0.3) is 0 Å². The van der Waals surface area contributed by atoms with Gasteiger partial charge in [-0.1, -0.05) is 20.3 Å². The highest BCUT2D eigenvalue weighted by atomic mass is 16.7. The number of fused-ring (bicyclic) bond motifs is 1. The summed E-state index contributed by atoms with van der Waals surface area (Å²) in [6, 6.07) is 4.01. The molecule has 2 atom stereocenters. The minimum atomic E-state index is 0.0887. The SMILES string of the molecule is CCCC(C)COc1cc2c(cc1CC(C)N)OCO2. The van der Waals surface area contributed by atoms with E-state index in [0.717, 1.165) is 35.8 Å². The van der Waals surface area contributed by atoms with Crippen molar-refractivity contribution in [1.29, 1.82) is 0 Å². The first-order valence-electron chi connectivity index (χ1n) is 7.41. The summed E-state index contributed by atoms with van der Waals surface area (Å²) in [5, 5.41) is 0. The molecule has 0 saturated heterocycles. The molecule has 4 nitrogen and oxygen atoms in total. The third-order valence-electron chi connectivity index (χ3n) is 3.40. The van der Waals surface area contributed by atoms with Gasteiger partial charge in [-0.05, 0) is 37.3 Å². The van der Waals surface area contributed by atoms with Gasteiger partial charge in [-0.15, -0.1) is 0 Å². The number of hydrogen-bond donors (Lipinski definition) is 1. The van der Waals surface area contributed by atoms with Gasteiger partial charge in [0, 0.05) is 12.1 Å². The highest BCUT2D eigenvalue weighted by molar-refractivity contribution is 5.52. The summed E-state index contributed by atoms with van der Waals surface area (Å²) in [7, 11) is 0. The van der Waals surface area contributed by atoms with E-state index < -0.39 is 0 Å². The van der Waals surface area contributed by atoms with Crippen LogP contribution in [0.3, 0.4) is 0 Å². The van der Waals surface area contributed by atoms with Crippen LogP contribution < -0.4 is 19.9 Å². The zero-order valence-corrected chi connectivity index (χ0v) is 12.6. The molecule has 2 N–H and O–H groups in total. The maximum atomic E-state index is 5.99. The molecule has 1 aromatic rings. The lowest BCUT2D eigenvalue weighted by Crippen LogP contribution is -2.19. The monoisotopic (exact) mass is 279 g/mol. The lowest BCUT2D eigenvalue weighted by molar-refractivity contribution is 0.173. The van der Waals surface area contributed by atoms with E-state index in [1.807, 2.05) is 19.1 Å². The van der Waals surface area contributed by atoms with E-state index in [2.05, 4.69) is 13.8 Å². The first-order chi connectivity index (χ1) is 9.60. The molecule has 0 fully saturated rings. The molecule has 4 heteroatoms. The Morgan fingerprint density at radius 2 is 1.95 bits per heavy atom. The molecule has 0 spiro atoms. The zero-order chi connectivity index (χ0) is 14.5. The predicted molar refractivity (Wildman–Crippen MR) is 79.5 cm³/mol. The number of hydrogen-bond acceptors (Lipinski definition) is 4. The van der Waals surface area contributed by atoms with Crippen molar-refractivity contribution in [3.63, 3.8) is 0 Å². The van der Waals surface area contributed by atoms with Crippen LogP contribution in [0.15, 0.2) is 12.1 Å². The Kier molecular flexibility index (Phi) is 5.12. The van der Waals surface area contributed by atoms with Crippen LogP contribution in [0.4, 0.5) is 0 Å². The molecule has 1 aliphatic heterocycles.